The normalized spacial score (nSPS) is 10.4. The van der Waals surface area contributed by atoms with Crippen molar-refractivity contribution in [3.63, 3.8) is 0 Å². The van der Waals surface area contributed by atoms with Crippen molar-refractivity contribution in [2.45, 2.75) is 31.4 Å². The van der Waals surface area contributed by atoms with E-state index in [1.54, 1.807) is 0 Å². The van der Waals surface area contributed by atoms with Crippen molar-refractivity contribution < 1.29 is 4.74 Å². The quantitative estimate of drug-likeness (QED) is 0.540. The van der Waals surface area contributed by atoms with Gasteiger partial charge in [0.1, 0.15) is 5.75 Å². The molecule has 0 spiro atoms. The summed E-state index contributed by atoms with van der Waals surface area (Å²) in [5, 5.41) is 0. The third-order valence-electron chi connectivity index (χ3n) is 2.47. The fraction of sp³-hybridized carbons (Fsp3) is 0.538. The van der Waals surface area contributed by atoms with Gasteiger partial charge in [-0.25, -0.2) is 0 Å². The molecule has 1 rings (SSSR count). The molecule has 1 aromatic rings. The van der Waals surface area contributed by atoms with Crippen LogP contribution in [0.5, 0.6) is 5.75 Å². The van der Waals surface area contributed by atoms with Crippen LogP contribution in [0.1, 0.15) is 31.2 Å². The molecular weight excluding hydrogens is 218 g/mol. The fourth-order valence-corrected chi connectivity index (χ4v) is 1.69. The van der Waals surface area contributed by atoms with E-state index in [1.165, 1.54) is 18.4 Å². The summed E-state index contributed by atoms with van der Waals surface area (Å²) in [5.41, 5.74) is 6.65. The first-order valence-electron chi connectivity index (χ1n) is 5.89. The predicted octanol–water partition coefficient (Wildman–Crippen LogP) is 3.01. The highest BCUT2D eigenvalue weighted by Gasteiger charge is 1.94. The molecule has 0 radical (unpaired) electrons. The Kier molecular flexibility index (Phi) is 7.10. The van der Waals surface area contributed by atoms with E-state index in [2.05, 4.69) is 24.8 Å². The Morgan fingerprint density at radius 3 is 2.31 bits per heavy atom. The summed E-state index contributed by atoms with van der Waals surface area (Å²) < 4.78 is 5.63. The average molecular weight is 239 g/mol. The Balaban J connectivity index is 2.12. The lowest BCUT2D eigenvalue weighted by Crippen LogP contribution is -2.00. The predicted molar refractivity (Wildman–Crippen MR) is 72.1 cm³/mol. The number of unbranched alkanes of at least 4 members (excludes halogenated alkanes) is 3. The summed E-state index contributed by atoms with van der Waals surface area (Å²) in [5.74, 6) is 1.73. The maximum Gasteiger partial charge on any atom is 0.119 e. The minimum Gasteiger partial charge on any atom is -0.494 e. The second-order valence-corrected chi connectivity index (χ2v) is 4.17. The molecule has 3 heteroatoms. The van der Waals surface area contributed by atoms with Crippen molar-refractivity contribution in [3.05, 3.63) is 29.8 Å². The molecule has 0 fully saturated rings. The van der Waals surface area contributed by atoms with Crippen LogP contribution in [0.4, 0.5) is 0 Å². The van der Waals surface area contributed by atoms with Crippen LogP contribution >= 0.6 is 12.6 Å². The topological polar surface area (TPSA) is 35.2 Å². The standard InChI is InChI=1S/C13H21NOS/c14-9-3-1-2-4-10-15-13-7-5-12(11-16)6-8-13/h5-8,16H,1-4,9-11,14H2. The summed E-state index contributed by atoms with van der Waals surface area (Å²) in [7, 11) is 0. The highest BCUT2D eigenvalue weighted by atomic mass is 32.1. The zero-order valence-corrected chi connectivity index (χ0v) is 10.6. The molecule has 0 aromatic heterocycles. The molecule has 0 aliphatic carbocycles. The first-order valence-corrected chi connectivity index (χ1v) is 6.52. The molecule has 2 nitrogen and oxygen atoms in total. The second kappa shape index (κ2) is 8.48. The minimum absolute atomic E-state index is 0.777. The molecule has 0 saturated heterocycles. The third-order valence-corrected chi connectivity index (χ3v) is 2.84. The molecule has 16 heavy (non-hydrogen) atoms. The highest BCUT2D eigenvalue weighted by Crippen LogP contribution is 2.13. The molecule has 0 saturated carbocycles. The van der Waals surface area contributed by atoms with E-state index >= 15 is 0 Å². The van der Waals surface area contributed by atoms with Crippen molar-refractivity contribution >= 4 is 12.6 Å². The van der Waals surface area contributed by atoms with Crippen LogP contribution in [0, 0.1) is 0 Å². The summed E-state index contributed by atoms with van der Waals surface area (Å²) >= 11 is 4.21. The van der Waals surface area contributed by atoms with E-state index in [0.29, 0.717) is 0 Å². The molecule has 1 aromatic carbocycles. The van der Waals surface area contributed by atoms with Crippen LogP contribution in [-0.4, -0.2) is 13.2 Å². The molecule has 0 heterocycles. The van der Waals surface area contributed by atoms with E-state index in [1.807, 2.05) is 12.1 Å². The van der Waals surface area contributed by atoms with E-state index < -0.39 is 0 Å². The van der Waals surface area contributed by atoms with Gasteiger partial charge < -0.3 is 10.5 Å². The lowest BCUT2D eigenvalue weighted by molar-refractivity contribution is 0.305. The monoisotopic (exact) mass is 239 g/mol. The zero-order chi connectivity index (χ0) is 11.6. The smallest absolute Gasteiger partial charge is 0.119 e. The van der Waals surface area contributed by atoms with Gasteiger partial charge in [-0.3, -0.25) is 0 Å². The molecule has 0 bridgehead atoms. The Morgan fingerprint density at radius 1 is 1.00 bits per heavy atom. The summed E-state index contributed by atoms with van der Waals surface area (Å²) in [4.78, 5) is 0. The van der Waals surface area contributed by atoms with Crippen LogP contribution in [-0.2, 0) is 5.75 Å². The molecule has 2 N–H and O–H groups in total. The number of thiol groups is 1. The SMILES string of the molecule is NCCCCCCOc1ccc(CS)cc1. The van der Waals surface area contributed by atoms with E-state index in [9.17, 15) is 0 Å². The molecule has 90 valence electrons. The van der Waals surface area contributed by atoms with Gasteiger partial charge in [0.15, 0.2) is 0 Å². The third kappa shape index (κ3) is 5.42. The van der Waals surface area contributed by atoms with Crippen LogP contribution in [0.25, 0.3) is 0 Å². The van der Waals surface area contributed by atoms with Crippen molar-refractivity contribution in [1.29, 1.82) is 0 Å². The first-order chi connectivity index (χ1) is 7.86. The van der Waals surface area contributed by atoms with Crippen molar-refractivity contribution in [2.75, 3.05) is 13.2 Å². The van der Waals surface area contributed by atoms with Crippen LogP contribution in [0.15, 0.2) is 24.3 Å². The van der Waals surface area contributed by atoms with E-state index in [-0.39, 0.29) is 0 Å². The summed E-state index contributed by atoms with van der Waals surface area (Å²) in [6, 6.07) is 8.12. The van der Waals surface area contributed by atoms with Crippen molar-refractivity contribution in [3.8, 4) is 5.75 Å². The molecule has 0 amide bonds. The van der Waals surface area contributed by atoms with Crippen molar-refractivity contribution in [2.24, 2.45) is 5.73 Å². The summed E-state index contributed by atoms with van der Waals surface area (Å²) in [6.07, 6.45) is 4.63. The van der Waals surface area contributed by atoms with Gasteiger partial charge in [0.05, 0.1) is 6.61 Å². The van der Waals surface area contributed by atoms with Gasteiger partial charge >= 0.3 is 0 Å². The average Bonchev–Trinajstić information content (AvgIpc) is 2.34. The van der Waals surface area contributed by atoms with Gasteiger partial charge in [-0.15, -0.1) is 0 Å². The number of hydrogen-bond acceptors (Lipinski definition) is 3. The van der Waals surface area contributed by atoms with E-state index in [4.69, 9.17) is 10.5 Å². The number of benzene rings is 1. The second-order valence-electron chi connectivity index (χ2n) is 3.85. The molecular formula is C13H21NOS. The van der Waals surface area contributed by atoms with E-state index in [0.717, 1.165) is 37.5 Å². The molecule has 0 aliphatic rings. The number of nitrogens with two attached hydrogens (primary N) is 1. The van der Waals surface area contributed by atoms with Crippen molar-refractivity contribution in [1.82, 2.24) is 0 Å². The Morgan fingerprint density at radius 2 is 1.69 bits per heavy atom. The first kappa shape index (κ1) is 13.4. The molecule has 0 aliphatic heterocycles. The highest BCUT2D eigenvalue weighted by molar-refractivity contribution is 7.79. The Bertz CT molecular complexity index is 274. The van der Waals surface area contributed by atoms with Gasteiger partial charge in [0, 0.05) is 5.75 Å². The number of ether oxygens (including phenoxy) is 1. The molecule has 0 atom stereocenters. The lowest BCUT2D eigenvalue weighted by atomic mass is 10.2. The van der Waals surface area contributed by atoms with Gasteiger partial charge in [-0.2, -0.15) is 12.6 Å². The van der Waals surface area contributed by atoms with Gasteiger partial charge in [-0.05, 0) is 37.1 Å². The van der Waals surface area contributed by atoms with Crippen LogP contribution < -0.4 is 10.5 Å². The maximum atomic E-state index is 5.63. The maximum absolute atomic E-state index is 5.63. The van der Waals surface area contributed by atoms with Gasteiger partial charge in [-0.1, -0.05) is 25.0 Å². The number of rotatable bonds is 8. The zero-order valence-electron chi connectivity index (χ0n) is 9.69. The summed E-state index contributed by atoms with van der Waals surface area (Å²) in [6.45, 7) is 1.59. The molecule has 0 unspecified atom stereocenters. The van der Waals surface area contributed by atoms with Crippen LogP contribution in [0.3, 0.4) is 0 Å². The van der Waals surface area contributed by atoms with Gasteiger partial charge in [0.25, 0.3) is 0 Å². The minimum atomic E-state index is 0.777. The largest absolute Gasteiger partial charge is 0.494 e. The lowest BCUT2D eigenvalue weighted by Gasteiger charge is -2.06. The fourth-order valence-electron chi connectivity index (χ4n) is 1.48. The Hall–Kier alpha value is -0.670. The number of hydrogen-bond donors (Lipinski definition) is 2. The Labute approximate surface area is 104 Å². The van der Waals surface area contributed by atoms with Gasteiger partial charge in [0.2, 0.25) is 0 Å². The van der Waals surface area contributed by atoms with Crippen LogP contribution in [0.2, 0.25) is 0 Å².